The van der Waals surface area contributed by atoms with Crippen molar-refractivity contribution in [3.05, 3.63) is 72.6 Å². The quantitative estimate of drug-likeness (QED) is 0.662. The molecular weight excluding hydrogens is 359 g/mol. The van der Waals surface area contributed by atoms with Crippen LogP contribution >= 0.6 is 0 Å². The van der Waals surface area contributed by atoms with Gasteiger partial charge in [0.1, 0.15) is 18.5 Å². The second-order valence-corrected chi connectivity index (χ2v) is 7.56. The van der Waals surface area contributed by atoms with Gasteiger partial charge in [0.25, 0.3) is 5.91 Å². The Morgan fingerprint density at radius 1 is 1.08 bits per heavy atom. The minimum atomic E-state index is -3.60. The van der Waals surface area contributed by atoms with Crippen molar-refractivity contribution in [3.8, 4) is 5.69 Å². The average Bonchev–Trinajstić information content (AvgIpc) is 3.17. The number of nitrogens with zero attached hydrogens (tertiary/aromatic N) is 3. The van der Waals surface area contributed by atoms with E-state index >= 15 is 0 Å². The molecule has 0 radical (unpaired) electrons. The summed E-state index contributed by atoms with van der Waals surface area (Å²) >= 11 is 0. The fourth-order valence-electron chi connectivity index (χ4n) is 2.30. The van der Waals surface area contributed by atoms with Crippen molar-refractivity contribution in [3.63, 3.8) is 0 Å². The van der Waals surface area contributed by atoms with Gasteiger partial charge in [-0.3, -0.25) is 9.36 Å². The zero-order valence-electron chi connectivity index (χ0n) is 13.5. The van der Waals surface area contributed by atoms with Crippen LogP contribution in [-0.4, -0.2) is 41.4 Å². The van der Waals surface area contributed by atoms with E-state index in [1.54, 1.807) is 28.8 Å². The molecule has 1 N–H and O–H groups in total. The molecule has 134 valence electrons. The summed E-state index contributed by atoms with van der Waals surface area (Å²) < 4.78 is 38.9. The predicted octanol–water partition coefficient (Wildman–Crippen LogP) is 1.61. The molecule has 3 rings (SSSR count). The third-order valence-electron chi connectivity index (χ3n) is 3.65. The Bertz CT molecular complexity index is 1000. The van der Waals surface area contributed by atoms with E-state index in [0.29, 0.717) is 11.3 Å². The largest absolute Gasteiger partial charge is 0.351 e. The van der Waals surface area contributed by atoms with Crippen LogP contribution in [0.5, 0.6) is 0 Å². The van der Waals surface area contributed by atoms with E-state index in [-0.39, 0.29) is 17.2 Å². The summed E-state index contributed by atoms with van der Waals surface area (Å²) in [6, 6.07) is 11.3. The lowest BCUT2D eigenvalue weighted by molar-refractivity contribution is 0.0956. The number of sulfone groups is 1. The van der Waals surface area contributed by atoms with Crippen molar-refractivity contribution in [2.75, 3.05) is 12.3 Å². The lowest BCUT2D eigenvalue weighted by Crippen LogP contribution is -2.29. The molecule has 0 saturated heterocycles. The molecule has 3 aromatic rings. The van der Waals surface area contributed by atoms with Crippen molar-refractivity contribution in [2.24, 2.45) is 0 Å². The molecule has 2 aromatic carbocycles. The SMILES string of the molecule is O=C(NCCS(=O)(=O)c1ccc(F)cc1)c1cccc(-n2cnnc2)c1. The molecule has 0 spiro atoms. The second-order valence-electron chi connectivity index (χ2n) is 5.45. The maximum Gasteiger partial charge on any atom is 0.251 e. The predicted molar refractivity (Wildman–Crippen MR) is 92.1 cm³/mol. The van der Waals surface area contributed by atoms with Crippen LogP contribution in [0.15, 0.2) is 66.1 Å². The molecule has 0 atom stereocenters. The smallest absolute Gasteiger partial charge is 0.251 e. The Hall–Kier alpha value is -3.07. The first kappa shape index (κ1) is 17.7. The Kier molecular flexibility index (Phi) is 5.08. The van der Waals surface area contributed by atoms with Gasteiger partial charge in [0.2, 0.25) is 0 Å². The van der Waals surface area contributed by atoms with Gasteiger partial charge in [-0.1, -0.05) is 6.07 Å². The zero-order chi connectivity index (χ0) is 18.6. The number of halogens is 1. The Labute approximate surface area is 149 Å². The van der Waals surface area contributed by atoms with E-state index in [1.807, 2.05) is 0 Å². The molecule has 0 aliphatic heterocycles. The molecule has 26 heavy (non-hydrogen) atoms. The molecule has 0 fully saturated rings. The van der Waals surface area contributed by atoms with E-state index in [2.05, 4.69) is 15.5 Å². The van der Waals surface area contributed by atoms with Crippen LogP contribution in [0.1, 0.15) is 10.4 Å². The highest BCUT2D eigenvalue weighted by Gasteiger charge is 2.15. The Morgan fingerprint density at radius 3 is 2.46 bits per heavy atom. The Balaban J connectivity index is 1.62. The summed E-state index contributed by atoms with van der Waals surface area (Å²) in [7, 11) is -3.60. The zero-order valence-corrected chi connectivity index (χ0v) is 14.4. The number of aromatic nitrogens is 3. The maximum atomic E-state index is 12.9. The van der Waals surface area contributed by atoms with Gasteiger partial charge in [-0.05, 0) is 42.5 Å². The fraction of sp³-hybridized carbons (Fsp3) is 0.118. The van der Waals surface area contributed by atoms with Crippen molar-refractivity contribution < 1.29 is 17.6 Å². The second kappa shape index (κ2) is 7.44. The lowest BCUT2D eigenvalue weighted by Gasteiger charge is -2.08. The van der Waals surface area contributed by atoms with Crippen LogP contribution in [0, 0.1) is 5.82 Å². The first-order valence-corrected chi connectivity index (χ1v) is 9.32. The summed E-state index contributed by atoms with van der Waals surface area (Å²) in [6.07, 6.45) is 3.01. The number of carbonyl (C=O) groups excluding carboxylic acids is 1. The standard InChI is InChI=1S/C17H15FN4O3S/c18-14-4-6-16(7-5-14)26(24,25)9-8-19-17(23)13-2-1-3-15(10-13)22-11-20-21-12-22/h1-7,10-12H,8-9H2,(H,19,23). The van der Waals surface area contributed by atoms with Crippen LogP contribution in [0.4, 0.5) is 4.39 Å². The molecule has 9 heteroatoms. The van der Waals surface area contributed by atoms with E-state index in [9.17, 15) is 17.6 Å². The number of carbonyl (C=O) groups is 1. The number of hydrogen-bond acceptors (Lipinski definition) is 5. The molecule has 0 saturated carbocycles. The third kappa shape index (κ3) is 4.12. The van der Waals surface area contributed by atoms with Crippen LogP contribution in [0.25, 0.3) is 5.69 Å². The first-order valence-electron chi connectivity index (χ1n) is 7.67. The highest BCUT2D eigenvalue weighted by molar-refractivity contribution is 7.91. The van der Waals surface area contributed by atoms with Gasteiger partial charge < -0.3 is 5.32 Å². The van der Waals surface area contributed by atoms with Gasteiger partial charge in [0.15, 0.2) is 9.84 Å². The molecule has 0 aliphatic rings. The number of rotatable bonds is 6. The summed E-state index contributed by atoms with van der Waals surface area (Å²) in [5, 5.41) is 9.99. The average molecular weight is 374 g/mol. The minimum Gasteiger partial charge on any atom is -0.351 e. The highest BCUT2D eigenvalue weighted by Crippen LogP contribution is 2.12. The molecule has 0 bridgehead atoms. The normalized spacial score (nSPS) is 11.3. The van der Waals surface area contributed by atoms with Crippen LogP contribution < -0.4 is 5.32 Å². The van der Waals surface area contributed by atoms with Crippen LogP contribution in [0.3, 0.4) is 0 Å². The molecule has 7 nitrogen and oxygen atoms in total. The summed E-state index contributed by atoms with van der Waals surface area (Å²) in [5.74, 6) is -1.19. The monoisotopic (exact) mass is 374 g/mol. The van der Waals surface area contributed by atoms with E-state index in [4.69, 9.17) is 0 Å². The fourth-order valence-corrected chi connectivity index (χ4v) is 3.46. The van der Waals surface area contributed by atoms with Crippen LogP contribution in [0.2, 0.25) is 0 Å². The van der Waals surface area contributed by atoms with Crippen molar-refractivity contribution in [2.45, 2.75) is 4.90 Å². The third-order valence-corrected chi connectivity index (χ3v) is 5.39. The summed E-state index contributed by atoms with van der Waals surface area (Å²) in [5.41, 5.74) is 1.09. The van der Waals surface area contributed by atoms with Gasteiger partial charge in [-0.25, -0.2) is 12.8 Å². The molecule has 0 aliphatic carbocycles. The van der Waals surface area contributed by atoms with Crippen molar-refractivity contribution in [1.82, 2.24) is 20.1 Å². The van der Waals surface area contributed by atoms with Gasteiger partial charge >= 0.3 is 0 Å². The first-order chi connectivity index (χ1) is 12.5. The van der Waals surface area contributed by atoms with Gasteiger partial charge in [-0.15, -0.1) is 10.2 Å². The molecule has 0 unspecified atom stereocenters. The number of amides is 1. The van der Waals surface area contributed by atoms with E-state index in [0.717, 1.165) is 12.1 Å². The number of benzene rings is 2. The highest BCUT2D eigenvalue weighted by atomic mass is 32.2. The molecular formula is C17H15FN4O3S. The van der Waals surface area contributed by atoms with Crippen molar-refractivity contribution in [1.29, 1.82) is 0 Å². The van der Waals surface area contributed by atoms with Gasteiger partial charge in [0, 0.05) is 17.8 Å². The molecule has 1 amide bonds. The van der Waals surface area contributed by atoms with E-state index < -0.39 is 21.6 Å². The minimum absolute atomic E-state index is 0.0164. The van der Waals surface area contributed by atoms with E-state index in [1.165, 1.54) is 24.8 Å². The number of hydrogen-bond donors (Lipinski definition) is 1. The molecule has 1 heterocycles. The van der Waals surface area contributed by atoms with Crippen molar-refractivity contribution >= 4 is 15.7 Å². The molecule has 1 aromatic heterocycles. The lowest BCUT2D eigenvalue weighted by atomic mass is 10.2. The van der Waals surface area contributed by atoms with Gasteiger partial charge in [0.05, 0.1) is 10.6 Å². The summed E-state index contributed by atoms with van der Waals surface area (Å²) in [6.45, 7) is -0.0601. The maximum absolute atomic E-state index is 12.9. The Morgan fingerprint density at radius 2 is 1.77 bits per heavy atom. The number of nitrogens with one attached hydrogen (secondary N) is 1. The van der Waals surface area contributed by atoms with Crippen LogP contribution in [-0.2, 0) is 9.84 Å². The topological polar surface area (TPSA) is 94.0 Å². The van der Waals surface area contributed by atoms with Gasteiger partial charge in [-0.2, -0.15) is 0 Å². The summed E-state index contributed by atoms with van der Waals surface area (Å²) in [4.78, 5) is 12.3.